The normalized spacial score (nSPS) is 18.9. The number of hydrogen-bond acceptors (Lipinski definition) is 4. The van der Waals surface area contributed by atoms with Gasteiger partial charge in [0.1, 0.15) is 11.9 Å². The lowest BCUT2D eigenvalue weighted by Gasteiger charge is -2.26. The third-order valence-electron chi connectivity index (χ3n) is 5.81. The van der Waals surface area contributed by atoms with E-state index in [1.807, 2.05) is 24.4 Å². The Kier molecular flexibility index (Phi) is 5.76. The smallest absolute Gasteiger partial charge is 0.121 e. The Morgan fingerprint density at radius 3 is 2.83 bits per heavy atom. The third kappa shape index (κ3) is 4.56. The molecule has 1 heterocycles. The van der Waals surface area contributed by atoms with Crippen LogP contribution in [-0.2, 0) is 12.8 Å². The fourth-order valence-electron chi connectivity index (χ4n) is 4.05. The minimum atomic E-state index is 0.382. The summed E-state index contributed by atoms with van der Waals surface area (Å²) in [5.74, 6) is 2.05. The highest BCUT2D eigenvalue weighted by Crippen LogP contribution is 2.38. The van der Waals surface area contributed by atoms with Crippen LogP contribution >= 0.6 is 0 Å². The van der Waals surface area contributed by atoms with Crippen molar-refractivity contribution in [2.45, 2.75) is 45.7 Å². The Bertz CT molecular complexity index is 926. The molecule has 1 N–H and O–H groups in total. The van der Waals surface area contributed by atoms with Crippen molar-refractivity contribution in [3.63, 3.8) is 0 Å². The Labute approximate surface area is 173 Å². The molecule has 4 nitrogen and oxygen atoms in total. The molecule has 0 radical (unpaired) electrons. The zero-order valence-electron chi connectivity index (χ0n) is 17.3. The molecule has 1 fully saturated rings. The van der Waals surface area contributed by atoms with Crippen LogP contribution in [0.2, 0.25) is 0 Å². The zero-order valence-corrected chi connectivity index (χ0v) is 17.3. The monoisotopic (exact) mass is 387 g/mol. The van der Waals surface area contributed by atoms with Crippen LogP contribution in [-0.4, -0.2) is 12.8 Å². The van der Waals surface area contributed by atoms with E-state index in [4.69, 9.17) is 10.00 Å². The Hall–Kier alpha value is -2.93. The summed E-state index contributed by atoms with van der Waals surface area (Å²) in [6.07, 6.45) is 9.06. The highest BCUT2D eigenvalue weighted by Gasteiger charge is 2.36. The third-order valence-corrected chi connectivity index (χ3v) is 5.81. The zero-order chi connectivity index (χ0) is 20.2. The molecule has 0 bridgehead atoms. The molecule has 4 rings (SSSR count). The van der Waals surface area contributed by atoms with E-state index >= 15 is 0 Å². The fourth-order valence-corrected chi connectivity index (χ4v) is 4.05. The van der Waals surface area contributed by atoms with Gasteiger partial charge in [0.15, 0.2) is 0 Å². The first-order valence-electron chi connectivity index (χ1n) is 10.6. The second-order valence-electron chi connectivity index (χ2n) is 8.24. The highest BCUT2D eigenvalue weighted by atomic mass is 16.5. The van der Waals surface area contributed by atoms with Gasteiger partial charge in [0.25, 0.3) is 0 Å². The maximum atomic E-state index is 9.11. The summed E-state index contributed by atoms with van der Waals surface area (Å²) >= 11 is 0. The van der Waals surface area contributed by atoms with Crippen molar-refractivity contribution in [2.75, 3.05) is 11.5 Å². The van der Waals surface area contributed by atoms with Gasteiger partial charge in [0, 0.05) is 24.2 Å². The van der Waals surface area contributed by atoms with Gasteiger partial charge in [-0.2, -0.15) is 5.26 Å². The number of aryl methyl sites for hydroxylation is 1. The fraction of sp³-hybridized carbons (Fsp3) is 0.400. The number of anilines is 1. The van der Waals surface area contributed by atoms with Crippen LogP contribution in [0.4, 0.5) is 5.69 Å². The first-order chi connectivity index (χ1) is 14.2. The molecule has 0 spiro atoms. The second kappa shape index (κ2) is 8.61. The van der Waals surface area contributed by atoms with Gasteiger partial charge in [-0.3, -0.25) is 0 Å². The van der Waals surface area contributed by atoms with E-state index in [9.17, 15) is 0 Å². The van der Waals surface area contributed by atoms with Gasteiger partial charge < -0.3 is 15.0 Å². The molecule has 2 unspecified atom stereocenters. The van der Waals surface area contributed by atoms with E-state index < -0.39 is 0 Å². The molecule has 2 aliphatic rings. The summed E-state index contributed by atoms with van der Waals surface area (Å²) in [7, 11) is 0. The summed E-state index contributed by atoms with van der Waals surface area (Å²) in [6.45, 7) is 5.04. The van der Waals surface area contributed by atoms with Crippen molar-refractivity contribution < 1.29 is 4.74 Å². The molecular weight excluding hydrogens is 358 g/mol. The average Bonchev–Trinajstić information content (AvgIpc) is 3.48. The van der Waals surface area contributed by atoms with Gasteiger partial charge in [0.2, 0.25) is 0 Å². The standard InChI is InChI=1S/C25H29N3O/c1-3-20-14-19(16-26)7-8-22(20)13-18(2)17-29-24-6-4-5-23(15-24)28-12-11-27-25(28)21-9-10-21/h4-8,11-12,14-15,18,21,25,27H,3,9-10,13,17H2,1-2H3. The molecule has 0 aromatic heterocycles. The first-order valence-corrected chi connectivity index (χ1v) is 10.6. The van der Waals surface area contributed by atoms with Crippen molar-refractivity contribution in [1.82, 2.24) is 5.32 Å². The number of hydrogen-bond donors (Lipinski definition) is 1. The van der Waals surface area contributed by atoms with Crippen molar-refractivity contribution in [3.05, 3.63) is 71.6 Å². The van der Waals surface area contributed by atoms with E-state index in [1.54, 1.807) is 0 Å². The number of nitrogens with zero attached hydrogens (tertiary/aromatic N) is 2. The van der Waals surface area contributed by atoms with E-state index in [1.165, 1.54) is 29.7 Å². The van der Waals surface area contributed by atoms with Crippen molar-refractivity contribution in [1.29, 1.82) is 5.26 Å². The van der Waals surface area contributed by atoms with Gasteiger partial charge in [-0.15, -0.1) is 0 Å². The minimum Gasteiger partial charge on any atom is -0.493 e. The summed E-state index contributed by atoms with van der Waals surface area (Å²) in [4.78, 5) is 2.32. The Morgan fingerprint density at radius 2 is 2.07 bits per heavy atom. The molecular formula is C25H29N3O. The maximum absolute atomic E-state index is 9.11. The van der Waals surface area contributed by atoms with Gasteiger partial charge in [-0.25, -0.2) is 0 Å². The quantitative estimate of drug-likeness (QED) is 0.693. The number of ether oxygens (including phenoxy) is 1. The van der Waals surface area contributed by atoms with Crippen LogP contribution in [0.5, 0.6) is 5.75 Å². The van der Waals surface area contributed by atoms with Crippen LogP contribution in [0.15, 0.2) is 54.9 Å². The molecule has 1 aliphatic carbocycles. The van der Waals surface area contributed by atoms with Gasteiger partial charge >= 0.3 is 0 Å². The second-order valence-corrected chi connectivity index (χ2v) is 8.24. The molecule has 0 amide bonds. The summed E-state index contributed by atoms with van der Waals surface area (Å²) < 4.78 is 6.15. The average molecular weight is 388 g/mol. The van der Waals surface area contributed by atoms with Crippen LogP contribution in [0.3, 0.4) is 0 Å². The van der Waals surface area contributed by atoms with Crippen LogP contribution < -0.4 is 15.0 Å². The molecule has 0 saturated heterocycles. The summed E-state index contributed by atoms with van der Waals surface area (Å²) in [6, 6.07) is 16.7. The summed E-state index contributed by atoms with van der Waals surface area (Å²) in [5.41, 5.74) is 4.49. The SMILES string of the molecule is CCc1cc(C#N)ccc1CC(C)COc1cccc(N2C=CNC2C2CC2)c1. The highest BCUT2D eigenvalue weighted by molar-refractivity contribution is 5.55. The van der Waals surface area contributed by atoms with E-state index in [-0.39, 0.29) is 0 Å². The Balaban J connectivity index is 1.37. The molecule has 1 aliphatic heterocycles. The molecule has 1 saturated carbocycles. The largest absolute Gasteiger partial charge is 0.493 e. The number of nitriles is 1. The van der Waals surface area contributed by atoms with Crippen molar-refractivity contribution in [3.8, 4) is 11.8 Å². The molecule has 2 aromatic carbocycles. The lowest BCUT2D eigenvalue weighted by Crippen LogP contribution is -2.37. The predicted molar refractivity (Wildman–Crippen MR) is 117 cm³/mol. The first kappa shape index (κ1) is 19.4. The topological polar surface area (TPSA) is 48.3 Å². The lowest BCUT2D eigenvalue weighted by atomic mass is 9.94. The van der Waals surface area contributed by atoms with Gasteiger partial charge in [0.05, 0.1) is 18.2 Å². The number of rotatable bonds is 8. The lowest BCUT2D eigenvalue weighted by molar-refractivity contribution is 0.259. The maximum Gasteiger partial charge on any atom is 0.121 e. The molecule has 2 atom stereocenters. The minimum absolute atomic E-state index is 0.382. The van der Waals surface area contributed by atoms with Gasteiger partial charge in [-0.05, 0) is 72.9 Å². The summed E-state index contributed by atoms with van der Waals surface area (Å²) in [5, 5.41) is 12.6. The molecule has 150 valence electrons. The van der Waals surface area contributed by atoms with E-state index in [0.717, 1.165) is 30.1 Å². The van der Waals surface area contributed by atoms with Gasteiger partial charge in [-0.1, -0.05) is 26.0 Å². The number of nitrogens with one attached hydrogen (secondary N) is 1. The van der Waals surface area contributed by atoms with E-state index in [2.05, 4.69) is 60.6 Å². The van der Waals surface area contributed by atoms with Crippen LogP contribution in [0.25, 0.3) is 0 Å². The predicted octanol–water partition coefficient (Wildman–Crippen LogP) is 5.00. The van der Waals surface area contributed by atoms with E-state index in [0.29, 0.717) is 18.7 Å². The number of benzene rings is 2. The van der Waals surface area contributed by atoms with Crippen molar-refractivity contribution >= 4 is 5.69 Å². The van der Waals surface area contributed by atoms with Crippen molar-refractivity contribution in [2.24, 2.45) is 11.8 Å². The van der Waals surface area contributed by atoms with Crippen LogP contribution in [0.1, 0.15) is 43.4 Å². The molecule has 29 heavy (non-hydrogen) atoms. The molecule has 2 aromatic rings. The Morgan fingerprint density at radius 1 is 1.21 bits per heavy atom. The molecule has 4 heteroatoms. The van der Waals surface area contributed by atoms with Crippen LogP contribution in [0, 0.1) is 23.2 Å².